The number of hydrogen-bond acceptors (Lipinski definition) is 3. The molecule has 1 rings (SSSR count). The normalized spacial score (nSPS) is 9.75. The van der Waals surface area contributed by atoms with Gasteiger partial charge in [0.1, 0.15) is 17.1 Å². The molecule has 3 nitrogen and oxygen atoms in total. The van der Waals surface area contributed by atoms with Crippen molar-refractivity contribution in [3.63, 3.8) is 0 Å². The Bertz CT molecular complexity index is 289. The van der Waals surface area contributed by atoms with Crippen molar-refractivity contribution in [1.82, 2.24) is 0 Å². The molecule has 0 heterocycles. The first kappa shape index (κ1) is 8.87. The van der Waals surface area contributed by atoms with Crippen molar-refractivity contribution in [2.24, 2.45) is 0 Å². The number of carbonyl (C=O) groups is 1. The third-order valence-electron chi connectivity index (χ3n) is 1.42. The largest absolute Gasteiger partial charge is 0.507 e. The van der Waals surface area contributed by atoms with Crippen molar-refractivity contribution in [2.45, 2.75) is 0 Å². The first-order chi connectivity index (χ1) is 5.66. The molecule has 0 aliphatic heterocycles. The number of rotatable bonds is 2. The Labute approximate surface area is 74.2 Å². The number of ketones is 1. The number of phenols is 2. The third kappa shape index (κ3) is 1.51. The predicted octanol–water partition coefficient (Wildman–Crippen LogP) is 1.52. The summed E-state index contributed by atoms with van der Waals surface area (Å²) < 4.78 is 0. The Hall–Kier alpha value is -1.22. The molecule has 0 saturated heterocycles. The minimum absolute atomic E-state index is 0.118. The molecule has 12 heavy (non-hydrogen) atoms. The van der Waals surface area contributed by atoms with Crippen LogP contribution in [0.2, 0.25) is 0 Å². The molecule has 0 amide bonds. The van der Waals surface area contributed by atoms with Gasteiger partial charge in [-0.15, -0.1) is 11.6 Å². The van der Waals surface area contributed by atoms with E-state index in [1.54, 1.807) is 0 Å². The molecule has 64 valence electrons. The maximum Gasteiger partial charge on any atom is 0.185 e. The summed E-state index contributed by atoms with van der Waals surface area (Å²) in [5.74, 6) is -1.25. The number of carbonyl (C=O) groups excluding carboxylic acids is 1. The van der Waals surface area contributed by atoms with Crippen LogP contribution in [-0.4, -0.2) is 21.9 Å². The predicted molar refractivity (Wildman–Crippen MR) is 44.8 cm³/mol. The van der Waals surface area contributed by atoms with E-state index in [9.17, 15) is 4.79 Å². The van der Waals surface area contributed by atoms with Gasteiger partial charge in [0, 0.05) is 0 Å². The number of benzene rings is 1. The highest BCUT2D eigenvalue weighted by atomic mass is 35.5. The first-order valence-electron chi connectivity index (χ1n) is 3.27. The molecule has 0 unspecified atom stereocenters. The zero-order valence-corrected chi connectivity index (χ0v) is 6.88. The highest BCUT2D eigenvalue weighted by Crippen LogP contribution is 2.26. The van der Waals surface area contributed by atoms with E-state index in [4.69, 9.17) is 21.8 Å². The summed E-state index contributed by atoms with van der Waals surface area (Å²) in [6.45, 7) is 0. The van der Waals surface area contributed by atoms with Gasteiger partial charge in [-0.3, -0.25) is 4.79 Å². The van der Waals surface area contributed by atoms with Crippen LogP contribution < -0.4 is 0 Å². The molecular formula is C8H7ClO3. The van der Waals surface area contributed by atoms with Gasteiger partial charge in [-0.25, -0.2) is 0 Å². The average molecular weight is 187 g/mol. The summed E-state index contributed by atoms with van der Waals surface area (Å²) in [5.41, 5.74) is -0.118. The lowest BCUT2D eigenvalue weighted by molar-refractivity contribution is 0.101. The number of aromatic hydroxyl groups is 2. The fraction of sp³-hybridized carbons (Fsp3) is 0.125. The van der Waals surface area contributed by atoms with Crippen LogP contribution in [0.1, 0.15) is 10.4 Å². The summed E-state index contributed by atoms with van der Waals surface area (Å²) in [4.78, 5) is 11.0. The zero-order valence-electron chi connectivity index (χ0n) is 6.12. The number of hydrogen-bond donors (Lipinski definition) is 2. The van der Waals surface area contributed by atoms with E-state index in [0.717, 1.165) is 0 Å². The van der Waals surface area contributed by atoms with Crippen LogP contribution in [0.4, 0.5) is 0 Å². The van der Waals surface area contributed by atoms with Crippen LogP contribution in [0.25, 0.3) is 0 Å². The van der Waals surface area contributed by atoms with Crippen LogP contribution in [0.5, 0.6) is 11.5 Å². The molecule has 0 atom stereocenters. The second-order valence-corrected chi connectivity index (χ2v) is 2.50. The van der Waals surface area contributed by atoms with Crippen molar-refractivity contribution in [2.75, 3.05) is 5.88 Å². The van der Waals surface area contributed by atoms with Crippen LogP contribution in [0.15, 0.2) is 18.2 Å². The van der Waals surface area contributed by atoms with E-state index in [0.29, 0.717) is 0 Å². The maximum atomic E-state index is 11.0. The number of alkyl halides is 1. The third-order valence-corrected chi connectivity index (χ3v) is 1.66. The zero-order chi connectivity index (χ0) is 9.14. The van der Waals surface area contributed by atoms with Crippen molar-refractivity contribution < 1.29 is 15.0 Å². The monoisotopic (exact) mass is 186 g/mol. The van der Waals surface area contributed by atoms with E-state index in [1.165, 1.54) is 18.2 Å². The smallest absolute Gasteiger partial charge is 0.185 e. The van der Waals surface area contributed by atoms with Crippen LogP contribution in [0, 0.1) is 0 Å². The minimum Gasteiger partial charge on any atom is -0.507 e. The SMILES string of the molecule is O=C(CCl)c1c(O)cccc1O. The topological polar surface area (TPSA) is 57.5 Å². The van der Waals surface area contributed by atoms with Crippen LogP contribution in [0.3, 0.4) is 0 Å². The van der Waals surface area contributed by atoms with Crippen LogP contribution >= 0.6 is 11.6 Å². The quantitative estimate of drug-likeness (QED) is 0.544. The molecule has 0 bridgehead atoms. The Kier molecular flexibility index (Phi) is 2.55. The average Bonchev–Trinajstić information content (AvgIpc) is 2.03. The number of halogens is 1. The molecule has 0 aliphatic rings. The van der Waals surface area contributed by atoms with E-state index >= 15 is 0 Å². The lowest BCUT2D eigenvalue weighted by Crippen LogP contribution is -2.00. The molecule has 0 fully saturated rings. The van der Waals surface area contributed by atoms with Gasteiger partial charge in [0.15, 0.2) is 5.78 Å². The van der Waals surface area contributed by atoms with Gasteiger partial charge >= 0.3 is 0 Å². The first-order valence-corrected chi connectivity index (χ1v) is 3.80. The Morgan fingerprint density at radius 3 is 2.25 bits per heavy atom. The minimum atomic E-state index is -0.493. The Balaban J connectivity index is 3.21. The van der Waals surface area contributed by atoms with Gasteiger partial charge in [-0.1, -0.05) is 6.07 Å². The Morgan fingerprint density at radius 2 is 1.83 bits per heavy atom. The molecule has 0 aliphatic carbocycles. The van der Waals surface area contributed by atoms with Crippen molar-refractivity contribution in [3.05, 3.63) is 23.8 Å². The van der Waals surface area contributed by atoms with Gasteiger partial charge < -0.3 is 10.2 Å². The highest BCUT2D eigenvalue weighted by molar-refractivity contribution is 6.31. The molecule has 0 radical (unpaired) electrons. The van der Waals surface area contributed by atoms with Gasteiger partial charge in [-0.2, -0.15) is 0 Å². The Morgan fingerprint density at radius 1 is 1.33 bits per heavy atom. The molecule has 1 aromatic carbocycles. The number of Topliss-reactive ketones (excluding diaryl/α,β-unsaturated/α-hetero) is 1. The van der Waals surface area contributed by atoms with E-state index in [-0.39, 0.29) is 22.9 Å². The number of phenolic OH excluding ortho intramolecular Hbond substituents is 2. The summed E-state index contributed by atoms with van der Waals surface area (Å²) in [7, 11) is 0. The van der Waals surface area contributed by atoms with Crippen LogP contribution in [-0.2, 0) is 0 Å². The standard InChI is InChI=1S/C8H7ClO3/c9-4-7(12)8-5(10)2-1-3-6(8)11/h1-3,10-11H,4H2. The molecule has 0 aromatic heterocycles. The van der Waals surface area contributed by atoms with E-state index < -0.39 is 5.78 Å². The molecule has 0 saturated carbocycles. The van der Waals surface area contributed by atoms with Gasteiger partial charge in [-0.05, 0) is 12.1 Å². The summed E-state index contributed by atoms with van der Waals surface area (Å²) in [6.07, 6.45) is 0. The highest BCUT2D eigenvalue weighted by Gasteiger charge is 2.13. The second kappa shape index (κ2) is 3.45. The fourth-order valence-electron chi connectivity index (χ4n) is 0.881. The van der Waals surface area contributed by atoms with E-state index in [1.807, 2.05) is 0 Å². The molecule has 2 N–H and O–H groups in total. The summed E-state index contributed by atoms with van der Waals surface area (Å²) in [5, 5.41) is 18.3. The van der Waals surface area contributed by atoms with Crippen molar-refractivity contribution in [1.29, 1.82) is 0 Å². The van der Waals surface area contributed by atoms with Gasteiger partial charge in [0.2, 0.25) is 0 Å². The summed E-state index contributed by atoms with van der Waals surface area (Å²) in [6, 6.07) is 4.08. The molecule has 1 aromatic rings. The summed E-state index contributed by atoms with van der Waals surface area (Å²) >= 11 is 5.26. The molecule has 4 heteroatoms. The molecular weight excluding hydrogens is 180 g/mol. The van der Waals surface area contributed by atoms with Crippen molar-refractivity contribution >= 4 is 17.4 Å². The lowest BCUT2D eigenvalue weighted by atomic mass is 10.1. The molecule has 0 spiro atoms. The lowest BCUT2D eigenvalue weighted by Gasteiger charge is -2.02. The van der Waals surface area contributed by atoms with Gasteiger partial charge in [0.25, 0.3) is 0 Å². The second-order valence-electron chi connectivity index (χ2n) is 2.23. The maximum absolute atomic E-state index is 11.0. The van der Waals surface area contributed by atoms with Gasteiger partial charge in [0.05, 0.1) is 5.88 Å². The fourth-order valence-corrected chi connectivity index (χ4v) is 1.01. The van der Waals surface area contributed by atoms with Crippen molar-refractivity contribution in [3.8, 4) is 11.5 Å². The van der Waals surface area contributed by atoms with E-state index in [2.05, 4.69) is 0 Å².